The van der Waals surface area contributed by atoms with Crippen molar-refractivity contribution in [1.29, 1.82) is 0 Å². The Morgan fingerprint density at radius 3 is 3.11 bits per heavy atom. The average molecular weight is 286 g/mol. The first-order chi connectivity index (χ1) is 9.08. The number of aliphatic carboxylic acids is 1. The van der Waals surface area contributed by atoms with Gasteiger partial charge < -0.3 is 19.3 Å². The van der Waals surface area contributed by atoms with E-state index in [0.29, 0.717) is 18.1 Å². The van der Waals surface area contributed by atoms with Crippen LogP contribution in [0.25, 0.3) is 0 Å². The first kappa shape index (κ1) is 13.7. The van der Waals surface area contributed by atoms with Crippen LogP contribution in [0, 0.1) is 6.92 Å². The lowest BCUT2D eigenvalue weighted by Crippen LogP contribution is -2.51. The number of amides is 1. The summed E-state index contributed by atoms with van der Waals surface area (Å²) in [7, 11) is 0. The van der Waals surface area contributed by atoms with Gasteiger partial charge in [-0.25, -0.2) is 4.79 Å². The SMILES string of the molecule is Cc1cc(OCC(=O)N2CCSCC2C(=O)O)no1. The zero-order valence-corrected chi connectivity index (χ0v) is 11.2. The highest BCUT2D eigenvalue weighted by Gasteiger charge is 2.32. The fourth-order valence-electron chi connectivity index (χ4n) is 1.74. The molecule has 1 atom stereocenters. The molecule has 0 aromatic carbocycles. The number of carbonyl (C=O) groups is 2. The molecule has 1 fully saturated rings. The third-order valence-electron chi connectivity index (χ3n) is 2.68. The van der Waals surface area contributed by atoms with Crippen molar-refractivity contribution in [3.63, 3.8) is 0 Å². The molecule has 7 nitrogen and oxygen atoms in total. The summed E-state index contributed by atoms with van der Waals surface area (Å²) in [6.45, 7) is 1.89. The summed E-state index contributed by atoms with van der Waals surface area (Å²) < 4.78 is 9.98. The van der Waals surface area contributed by atoms with Gasteiger partial charge in [0.25, 0.3) is 11.8 Å². The van der Waals surface area contributed by atoms with Crippen LogP contribution in [0.5, 0.6) is 5.88 Å². The van der Waals surface area contributed by atoms with Crippen molar-refractivity contribution in [1.82, 2.24) is 10.1 Å². The highest BCUT2D eigenvalue weighted by atomic mass is 32.2. The van der Waals surface area contributed by atoms with E-state index in [0.717, 1.165) is 5.75 Å². The van der Waals surface area contributed by atoms with Crippen molar-refractivity contribution >= 4 is 23.6 Å². The van der Waals surface area contributed by atoms with Gasteiger partial charge >= 0.3 is 5.97 Å². The molecule has 2 heterocycles. The Morgan fingerprint density at radius 1 is 1.68 bits per heavy atom. The highest BCUT2D eigenvalue weighted by molar-refractivity contribution is 7.99. The van der Waals surface area contributed by atoms with Gasteiger partial charge in [-0.05, 0) is 12.1 Å². The second-order valence-corrected chi connectivity index (χ2v) is 5.23. The molecule has 2 rings (SSSR count). The number of carbonyl (C=O) groups excluding carboxylic acids is 1. The van der Waals surface area contributed by atoms with Crippen molar-refractivity contribution in [3.8, 4) is 5.88 Å². The van der Waals surface area contributed by atoms with Gasteiger partial charge in [0.15, 0.2) is 6.61 Å². The molecule has 0 spiro atoms. The minimum atomic E-state index is -0.988. The molecule has 1 amide bonds. The molecule has 1 aliphatic heterocycles. The van der Waals surface area contributed by atoms with Crippen molar-refractivity contribution < 1.29 is 24.0 Å². The molecule has 0 aliphatic carbocycles. The second kappa shape index (κ2) is 5.96. The van der Waals surface area contributed by atoms with E-state index in [2.05, 4.69) is 5.16 Å². The zero-order chi connectivity index (χ0) is 13.8. The topological polar surface area (TPSA) is 92.9 Å². The summed E-state index contributed by atoms with van der Waals surface area (Å²) in [4.78, 5) is 24.4. The smallest absolute Gasteiger partial charge is 0.327 e. The fraction of sp³-hybridized carbons (Fsp3) is 0.545. The Kier molecular flexibility index (Phi) is 4.31. The Bertz CT molecular complexity index is 475. The van der Waals surface area contributed by atoms with Gasteiger partial charge in [-0.1, -0.05) is 0 Å². The monoisotopic (exact) mass is 286 g/mol. The fourth-order valence-corrected chi connectivity index (χ4v) is 2.78. The van der Waals surface area contributed by atoms with Gasteiger partial charge in [0.1, 0.15) is 11.8 Å². The molecule has 1 aromatic rings. The quantitative estimate of drug-likeness (QED) is 0.855. The van der Waals surface area contributed by atoms with E-state index in [1.54, 1.807) is 13.0 Å². The Balaban J connectivity index is 1.92. The highest BCUT2D eigenvalue weighted by Crippen LogP contribution is 2.17. The van der Waals surface area contributed by atoms with Crippen LogP contribution in [0.2, 0.25) is 0 Å². The lowest BCUT2D eigenvalue weighted by atomic mass is 10.2. The van der Waals surface area contributed by atoms with Crippen LogP contribution in [0.3, 0.4) is 0 Å². The summed E-state index contributed by atoms with van der Waals surface area (Å²) in [5, 5.41) is 12.7. The third kappa shape index (κ3) is 3.40. The van der Waals surface area contributed by atoms with Crippen LogP contribution in [0.15, 0.2) is 10.6 Å². The minimum Gasteiger partial charge on any atom is -0.480 e. The van der Waals surface area contributed by atoms with Gasteiger partial charge in [0, 0.05) is 24.1 Å². The number of nitrogens with zero attached hydrogens (tertiary/aromatic N) is 2. The van der Waals surface area contributed by atoms with Crippen LogP contribution in [-0.4, -0.2) is 57.7 Å². The molecular formula is C11H14N2O5S. The third-order valence-corrected chi connectivity index (χ3v) is 3.71. The van der Waals surface area contributed by atoms with E-state index in [-0.39, 0.29) is 18.4 Å². The molecule has 1 saturated heterocycles. The van der Waals surface area contributed by atoms with Crippen molar-refractivity contribution in [2.45, 2.75) is 13.0 Å². The number of hydrogen-bond acceptors (Lipinski definition) is 6. The lowest BCUT2D eigenvalue weighted by molar-refractivity contribution is -0.150. The number of carboxylic acid groups (broad SMARTS) is 1. The Labute approximate surface area is 113 Å². The molecule has 1 aromatic heterocycles. The summed E-state index contributed by atoms with van der Waals surface area (Å²) >= 11 is 1.53. The normalized spacial score (nSPS) is 19.2. The molecule has 0 saturated carbocycles. The molecule has 8 heteroatoms. The number of aromatic nitrogens is 1. The molecule has 1 unspecified atom stereocenters. The summed E-state index contributed by atoms with van der Waals surface area (Å²) in [5.41, 5.74) is 0. The second-order valence-electron chi connectivity index (χ2n) is 4.08. The maximum atomic E-state index is 12.0. The summed E-state index contributed by atoms with van der Waals surface area (Å²) in [5.74, 6) is 0.610. The van der Waals surface area contributed by atoms with Crippen LogP contribution in [0.4, 0.5) is 0 Å². The van der Waals surface area contributed by atoms with E-state index in [1.165, 1.54) is 16.7 Å². The number of aryl methyl sites for hydroxylation is 1. The first-order valence-electron chi connectivity index (χ1n) is 5.74. The molecule has 1 N–H and O–H groups in total. The largest absolute Gasteiger partial charge is 0.480 e. The van der Waals surface area contributed by atoms with Crippen molar-refractivity contribution in [2.75, 3.05) is 24.7 Å². The van der Waals surface area contributed by atoms with Crippen LogP contribution in [-0.2, 0) is 9.59 Å². The minimum absolute atomic E-state index is 0.226. The van der Waals surface area contributed by atoms with Gasteiger partial charge in [-0.2, -0.15) is 11.8 Å². The predicted molar refractivity (Wildman–Crippen MR) is 67.2 cm³/mol. The zero-order valence-electron chi connectivity index (χ0n) is 10.4. The summed E-state index contributed by atoms with van der Waals surface area (Å²) in [6.07, 6.45) is 0. The number of ether oxygens (including phenoxy) is 1. The standard InChI is InChI=1S/C11H14N2O5S/c1-7-4-9(12-18-7)17-5-10(14)13-2-3-19-6-8(13)11(15)16/h4,8H,2-3,5-6H2,1H3,(H,15,16). The summed E-state index contributed by atoms with van der Waals surface area (Å²) in [6, 6.07) is 0.780. The maximum absolute atomic E-state index is 12.0. The molecule has 0 bridgehead atoms. The maximum Gasteiger partial charge on any atom is 0.327 e. The molecule has 0 radical (unpaired) electrons. The van der Waals surface area contributed by atoms with Crippen molar-refractivity contribution in [2.24, 2.45) is 0 Å². The number of carboxylic acids is 1. The molecule has 104 valence electrons. The Morgan fingerprint density at radius 2 is 2.47 bits per heavy atom. The van der Waals surface area contributed by atoms with E-state index in [4.69, 9.17) is 14.4 Å². The van der Waals surface area contributed by atoms with Gasteiger partial charge in [-0.15, -0.1) is 0 Å². The lowest BCUT2D eigenvalue weighted by Gasteiger charge is -2.32. The number of hydrogen-bond donors (Lipinski definition) is 1. The van der Waals surface area contributed by atoms with E-state index < -0.39 is 12.0 Å². The van der Waals surface area contributed by atoms with E-state index >= 15 is 0 Å². The predicted octanol–water partition coefficient (Wildman–Crippen LogP) is 0.390. The molecule has 1 aliphatic rings. The van der Waals surface area contributed by atoms with Gasteiger partial charge in [0.2, 0.25) is 0 Å². The van der Waals surface area contributed by atoms with Gasteiger partial charge in [-0.3, -0.25) is 4.79 Å². The van der Waals surface area contributed by atoms with Gasteiger partial charge in [0.05, 0.1) is 0 Å². The van der Waals surface area contributed by atoms with Crippen LogP contribution < -0.4 is 4.74 Å². The molecule has 19 heavy (non-hydrogen) atoms. The number of rotatable bonds is 4. The Hall–Kier alpha value is -1.70. The van der Waals surface area contributed by atoms with Crippen LogP contribution in [0.1, 0.15) is 5.76 Å². The van der Waals surface area contributed by atoms with E-state index in [1.807, 2.05) is 0 Å². The molecular weight excluding hydrogens is 272 g/mol. The van der Waals surface area contributed by atoms with E-state index in [9.17, 15) is 9.59 Å². The first-order valence-corrected chi connectivity index (χ1v) is 6.89. The van der Waals surface area contributed by atoms with Crippen molar-refractivity contribution in [3.05, 3.63) is 11.8 Å². The average Bonchev–Trinajstić information content (AvgIpc) is 2.81. The van der Waals surface area contributed by atoms with Crippen LogP contribution >= 0.6 is 11.8 Å². The number of thioether (sulfide) groups is 1.